The first-order chi connectivity index (χ1) is 9.82. The molecule has 0 rings (SSSR count). The summed E-state index contributed by atoms with van der Waals surface area (Å²) in [4.78, 5) is 41.5. The number of ether oxygens (including phenoxy) is 1. The summed E-state index contributed by atoms with van der Waals surface area (Å²) >= 11 is 0. The topological polar surface area (TPSA) is 80.3 Å². The third kappa shape index (κ3) is 10.2. The van der Waals surface area contributed by atoms with E-state index in [4.69, 9.17) is 14.5 Å². The predicted molar refractivity (Wildman–Crippen MR) is 78.6 cm³/mol. The van der Waals surface area contributed by atoms with Crippen molar-refractivity contribution in [1.29, 1.82) is 0 Å². The molecular formula is C15H26O7. The van der Waals surface area contributed by atoms with E-state index < -0.39 is 29.4 Å². The maximum Gasteiger partial charge on any atom is 0.550 e. The predicted octanol–water partition coefficient (Wildman–Crippen LogP) is 3.48. The van der Waals surface area contributed by atoms with Crippen molar-refractivity contribution in [3.8, 4) is 0 Å². The molecule has 128 valence electrons. The molecule has 0 aliphatic heterocycles. The van der Waals surface area contributed by atoms with Crippen molar-refractivity contribution >= 4 is 12.1 Å². The largest absolute Gasteiger partial charge is 0.550 e. The second kappa shape index (κ2) is 8.14. The molecule has 7 nitrogen and oxygen atoms in total. The maximum absolute atomic E-state index is 11.4. The highest BCUT2D eigenvalue weighted by atomic mass is 17.2. The summed E-state index contributed by atoms with van der Waals surface area (Å²) in [5.41, 5.74) is -1.02. The lowest BCUT2D eigenvalue weighted by Crippen LogP contribution is -2.34. The van der Waals surface area contributed by atoms with E-state index in [1.807, 2.05) is 20.8 Å². The maximum atomic E-state index is 11.4. The fourth-order valence-corrected chi connectivity index (χ4v) is 1.33. The monoisotopic (exact) mass is 318 g/mol. The summed E-state index contributed by atoms with van der Waals surface area (Å²) in [6.07, 6.45) is -1.30. The molecule has 0 heterocycles. The second-order valence-electron chi connectivity index (χ2n) is 6.66. The average molecular weight is 318 g/mol. The Morgan fingerprint density at radius 1 is 1.05 bits per heavy atom. The molecule has 0 aliphatic carbocycles. The van der Waals surface area contributed by atoms with Gasteiger partial charge in [-0.15, -0.1) is 0 Å². The normalized spacial score (nSPS) is 13.2. The van der Waals surface area contributed by atoms with Gasteiger partial charge in [0.05, 0.1) is 5.60 Å². The highest BCUT2D eigenvalue weighted by Gasteiger charge is 2.28. The number of carbonyl (C=O) groups excluding carboxylic acids is 2. The minimum Gasteiger partial charge on any atom is -0.429 e. The Bertz CT molecular complexity index is 407. The van der Waals surface area contributed by atoms with Crippen molar-refractivity contribution in [2.24, 2.45) is 0 Å². The highest BCUT2D eigenvalue weighted by Crippen LogP contribution is 2.22. The van der Waals surface area contributed by atoms with Gasteiger partial charge in [-0.05, 0) is 48.5 Å². The van der Waals surface area contributed by atoms with Crippen molar-refractivity contribution in [1.82, 2.24) is 0 Å². The molecule has 1 atom stereocenters. The highest BCUT2D eigenvalue weighted by molar-refractivity contribution is 5.86. The van der Waals surface area contributed by atoms with Gasteiger partial charge < -0.3 is 4.74 Å². The Morgan fingerprint density at radius 3 is 2.05 bits per heavy atom. The molecule has 0 saturated carbocycles. The van der Waals surface area contributed by atoms with Gasteiger partial charge in [0.15, 0.2) is 0 Å². The van der Waals surface area contributed by atoms with Crippen LogP contribution in [-0.4, -0.2) is 29.4 Å². The molecule has 22 heavy (non-hydrogen) atoms. The fraction of sp³-hybridized carbons (Fsp3) is 0.733. The van der Waals surface area contributed by atoms with Crippen LogP contribution in [0.5, 0.6) is 0 Å². The molecule has 7 heteroatoms. The molecule has 0 aromatic heterocycles. The lowest BCUT2D eigenvalue weighted by Gasteiger charge is -2.30. The molecule has 0 bridgehead atoms. The van der Waals surface area contributed by atoms with Gasteiger partial charge in [0, 0.05) is 12.0 Å². The van der Waals surface area contributed by atoms with Crippen LogP contribution in [0.25, 0.3) is 0 Å². The first-order valence-corrected chi connectivity index (χ1v) is 6.94. The molecule has 0 N–H and O–H groups in total. The molecule has 0 aromatic rings. The SMILES string of the molecule is C=C(C)C(=O)OOC(=O)OC(C)CC(C)(C)OOC(C)(C)C. The van der Waals surface area contributed by atoms with E-state index in [2.05, 4.69) is 16.4 Å². The first-order valence-electron chi connectivity index (χ1n) is 6.94. The zero-order chi connectivity index (χ0) is 17.6. The summed E-state index contributed by atoms with van der Waals surface area (Å²) in [6.45, 7) is 15.6. The van der Waals surface area contributed by atoms with Gasteiger partial charge >= 0.3 is 12.1 Å². The van der Waals surface area contributed by atoms with Gasteiger partial charge in [-0.2, -0.15) is 4.79 Å². The van der Waals surface area contributed by atoms with Gasteiger partial charge in [-0.1, -0.05) is 6.58 Å². The zero-order valence-electron chi connectivity index (χ0n) is 14.3. The number of hydrogen-bond acceptors (Lipinski definition) is 7. The van der Waals surface area contributed by atoms with Crippen molar-refractivity contribution in [3.05, 3.63) is 12.2 Å². The van der Waals surface area contributed by atoms with Crippen LogP contribution in [0.1, 0.15) is 54.9 Å². The zero-order valence-corrected chi connectivity index (χ0v) is 14.3. The van der Waals surface area contributed by atoms with Crippen LogP contribution in [0, 0.1) is 0 Å². The second-order valence-corrected chi connectivity index (χ2v) is 6.66. The van der Waals surface area contributed by atoms with Gasteiger partial charge in [0.1, 0.15) is 11.7 Å². The van der Waals surface area contributed by atoms with E-state index in [0.29, 0.717) is 6.42 Å². The molecule has 0 fully saturated rings. The number of hydrogen-bond donors (Lipinski definition) is 0. The summed E-state index contributed by atoms with van der Waals surface area (Å²) in [5, 5.41) is 0. The molecule has 0 aliphatic rings. The lowest BCUT2D eigenvalue weighted by molar-refractivity contribution is -0.400. The molecule has 1 unspecified atom stereocenters. The summed E-state index contributed by atoms with van der Waals surface area (Å²) in [7, 11) is 0. The van der Waals surface area contributed by atoms with E-state index in [0.717, 1.165) is 0 Å². The number of carbonyl (C=O) groups is 2. The van der Waals surface area contributed by atoms with E-state index in [1.54, 1.807) is 20.8 Å². The minimum atomic E-state index is -1.12. The van der Waals surface area contributed by atoms with E-state index in [1.165, 1.54) is 6.92 Å². The van der Waals surface area contributed by atoms with Crippen LogP contribution in [0.2, 0.25) is 0 Å². The molecule has 0 spiro atoms. The average Bonchev–Trinajstić information content (AvgIpc) is 2.31. The van der Waals surface area contributed by atoms with Crippen LogP contribution >= 0.6 is 0 Å². The van der Waals surface area contributed by atoms with Gasteiger partial charge in [0.2, 0.25) is 0 Å². The van der Waals surface area contributed by atoms with E-state index in [-0.39, 0.29) is 5.57 Å². The molecule has 0 aromatic carbocycles. The Labute approximate surface area is 131 Å². The minimum absolute atomic E-state index is 0.106. The van der Waals surface area contributed by atoms with Crippen LogP contribution in [0.4, 0.5) is 4.79 Å². The van der Waals surface area contributed by atoms with Crippen molar-refractivity contribution in [3.63, 3.8) is 0 Å². The summed E-state index contributed by atoms with van der Waals surface area (Å²) in [6, 6.07) is 0. The van der Waals surface area contributed by atoms with E-state index in [9.17, 15) is 9.59 Å². The molecular weight excluding hydrogens is 292 g/mol. The molecule has 0 saturated heterocycles. The Morgan fingerprint density at radius 2 is 1.59 bits per heavy atom. The lowest BCUT2D eigenvalue weighted by atomic mass is 10.0. The van der Waals surface area contributed by atoms with Crippen LogP contribution < -0.4 is 0 Å². The molecule has 0 radical (unpaired) electrons. The van der Waals surface area contributed by atoms with Crippen LogP contribution in [0.15, 0.2) is 12.2 Å². The summed E-state index contributed by atoms with van der Waals surface area (Å²) in [5.74, 6) is -0.841. The summed E-state index contributed by atoms with van der Waals surface area (Å²) < 4.78 is 4.94. The van der Waals surface area contributed by atoms with Crippen molar-refractivity contribution < 1.29 is 33.9 Å². The number of rotatable bonds is 6. The Hall–Kier alpha value is -1.60. The van der Waals surface area contributed by atoms with Crippen molar-refractivity contribution in [2.45, 2.75) is 72.2 Å². The third-order valence-corrected chi connectivity index (χ3v) is 2.13. The van der Waals surface area contributed by atoms with Gasteiger partial charge in [-0.25, -0.2) is 24.3 Å². The van der Waals surface area contributed by atoms with Gasteiger partial charge in [-0.3, -0.25) is 0 Å². The first kappa shape index (κ1) is 20.4. The standard InChI is InChI=1S/C15H26O7/c1-10(2)12(16)19-20-13(17)18-11(3)9-15(7,8)22-21-14(4,5)6/h11H,1,9H2,2-8H3. The van der Waals surface area contributed by atoms with Crippen LogP contribution in [0.3, 0.4) is 0 Å². The fourth-order valence-electron chi connectivity index (χ4n) is 1.33. The van der Waals surface area contributed by atoms with Crippen LogP contribution in [-0.2, 0) is 29.1 Å². The quantitative estimate of drug-likeness (QED) is 0.321. The van der Waals surface area contributed by atoms with Crippen molar-refractivity contribution in [2.75, 3.05) is 0 Å². The van der Waals surface area contributed by atoms with E-state index >= 15 is 0 Å². The third-order valence-electron chi connectivity index (χ3n) is 2.13. The molecule has 0 amide bonds. The van der Waals surface area contributed by atoms with Gasteiger partial charge in [0.25, 0.3) is 0 Å². The Balaban J connectivity index is 4.20. The smallest absolute Gasteiger partial charge is 0.429 e. The Kier molecular flexibility index (Phi) is 7.55.